The fraction of sp³-hybridized carbons (Fsp3) is 0.0909. The summed E-state index contributed by atoms with van der Waals surface area (Å²) >= 11 is 0. The summed E-state index contributed by atoms with van der Waals surface area (Å²) < 4.78 is 1.51. The van der Waals surface area contributed by atoms with Crippen LogP contribution in [0.3, 0.4) is 0 Å². The first-order valence-corrected chi connectivity index (χ1v) is 9.12. The molecule has 0 aliphatic rings. The van der Waals surface area contributed by atoms with Crippen molar-refractivity contribution in [3.8, 4) is 11.1 Å². The van der Waals surface area contributed by atoms with E-state index in [1.807, 2.05) is 54.6 Å². The highest BCUT2D eigenvalue weighted by atomic mass is 16.1. The Morgan fingerprint density at radius 2 is 1.79 bits per heavy atom. The van der Waals surface area contributed by atoms with Crippen LogP contribution in [0.2, 0.25) is 0 Å². The summed E-state index contributed by atoms with van der Waals surface area (Å²) in [4.78, 5) is 24.9. The third kappa shape index (κ3) is 2.85. The van der Waals surface area contributed by atoms with Gasteiger partial charge in [-0.25, -0.2) is 9.67 Å². The largest absolute Gasteiger partial charge is 0.342 e. The number of nitrogens with one attached hydrogen (secondary N) is 1. The van der Waals surface area contributed by atoms with Crippen molar-refractivity contribution in [1.29, 1.82) is 0 Å². The van der Waals surface area contributed by atoms with Gasteiger partial charge in [0.25, 0.3) is 5.56 Å². The molecule has 0 amide bonds. The highest BCUT2D eigenvalue weighted by Crippen LogP contribution is 2.25. The molecule has 0 aliphatic carbocycles. The van der Waals surface area contributed by atoms with Crippen molar-refractivity contribution in [3.63, 3.8) is 0 Å². The summed E-state index contributed by atoms with van der Waals surface area (Å²) in [5, 5.41) is 5.92. The average molecular weight is 367 g/mol. The molecule has 0 saturated heterocycles. The monoisotopic (exact) mass is 367 g/mol. The number of hydrogen-bond donors (Lipinski definition) is 1. The third-order valence-corrected chi connectivity index (χ3v) is 4.89. The van der Waals surface area contributed by atoms with Crippen molar-refractivity contribution in [2.24, 2.45) is 0 Å². The summed E-state index contributed by atoms with van der Waals surface area (Å²) in [5.74, 6) is 0.848. The van der Waals surface area contributed by atoms with Crippen molar-refractivity contribution in [3.05, 3.63) is 89.4 Å². The van der Waals surface area contributed by atoms with E-state index in [0.29, 0.717) is 18.4 Å². The second-order valence-electron chi connectivity index (χ2n) is 6.63. The van der Waals surface area contributed by atoms with Crippen molar-refractivity contribution in [2.75, 3.05) is 0 Å². The standard InChI is InChI=1S/C22H17N5O/c28-22-17-5-3-4-16(15-8-11-23-12-9-15)18(17)14-24-27(22)13-10-21-25-19-6-1-2-7-20(19)26-21/h1-9,11-12,14H,10,13H2,(H,25,26). The number of pyridine rings is 1. The van der Waals surface area contributed by atoms with Crippen molar-refractivity contribution in [2.45, 2.75) is 13.0 Å². The topological polar surface area (TPSA) is 76.5 Å². The number of para-hydroxylation sites is 2. The number of imidazole rings is 1. The summed E-state index contributed by atoms with van der Waals surface area (Å²) in [7, 11) is 0. The van der Waals surface area contributed by atoms with E-state index in [9.17, 15) is 4.79 Å². The Bertz CT molecular complexity index is 1300. The van der Waals surface area contributed by atoms with Crippen LogP contribution in [0.15, 0.2) is 78.0 Å². The van der Waals surface area contributed by atoms with E-state index >= 15 is 0 Å². The van der Waals surface area contributed by atoms with Gasteiger partial charge >= 0.3 is 0 Å². The Morgan fingerprint density at radius 1 is 0.929 bits per heavy atom. The van der Waals surface area contributed by atoms with Crippen LogP contribution in [0.1, 0.15) is 5.82 Å². The van der Waals surface area contributed by atoms with Gasteiger partial charge in [-0.3, -0.25) is 9.78 Å². The number of aryl methyl sites for hydroxylation is 2. The number of fused-ring (bicyclic) bond motifs is 2. The van der Waals surface area contributed by atoms with E-state index in [4.69, 9.17) is 0 Å². The number of H-pyrrole nitrogens is 1. The van der Waals surface area contributed by atoms with E-state index in [1.54, 1.807) is 18.6 Å². The number of rotatable bonds is 4. The number of benzene rings is 2. The molecule has 28 heavy (non-hydrogen) atoms. The minimum atomic E-state index is -0.0930. The SMILES string of the molecule is O=c1c2cccc(-c3ccncc3)c2cnn1CCc1nc2ccccc2[nH]1. The van der Waals surface area contributed by atoms with Gasteiger partial charge in [-0.1, -0.05) is 24.3 Å². The molecule has 136 valence electrons. The predicted molar refractivity (Wildman–Crippen MR) is 109 cm³/mol. The van der Waals surface area contributed by atoms with E-state index in [-0.39, 0.29) is 5.56 Å². The van der Waals surface area contributed by atoms with E-state index in [1.165, 1.54) is 4.68 Å². The molecule has 3 aromatic heterocycles. The molecule has 0 fully saturated rings. The van der Waals surface area contributed by atoms with E-state index < -0.39 is 0 Å². The first-order valence-electron chi connectivity index (χ1n) is 9.12. The predicted octanol–water partition coefficient (Wildman–Crippen LogP) is 3.58. The van der Waals surface area contributed by atoms with Crippen LogP contribution in [0.25, 0.3) is 32.9 Å². The Hall–Kier alpha value is -3.80. The molecule has 0 aliphatic heterocycles. The van der Waals surface area contributed by atoms with Crippen LogP contribution in [0.5, 0.6) is 0 Å². The number of nitrogens with zero attached hydrogens (tertiary/aromatic N) is 4. The lowest BCUT2D eigenvalue weighted by Crippen LogP contribution is -2.24. The van der Waals surface area contributed by atoms with Crippen LogP contribution < -0.4 is 5.56 Å². The lowest BCUT2D eigenvalue weighted by atomic mass is 10.0. The molecular formula is C22H17N5O. The number of hydrogen-bond acceptors (Lipinski definition) is 4. The van der Waals surface area contributed by atoms with Crippen LogP contribution in [-0.4, -0.2) is 24.7 Å². The first-order chi connectivity index (χ1) is 13.8. The van der Waals surface area contributed by atoms with Gasteiger partial charge in [0, 0.05) is 24.2 Å². The normalized spacial score (nSPS) is 11.3. The summed E-state index contributed by atoms with van der Waals surface area (Å²) in [6, 6.07) is 17.5. The molecule has 2 aromatic carbocycles. The molecular weight excluding hydrogens is 350 g/mol. The zero-order valence-corrected chi connectivity index (χ0v) is 15.0. The second-order valence-corrected chi connectivity index (χ2v) is 6.63. The lowest BCUT2D eigenvalue weighted by molar-refractivity contribution is 0.575. The van der Waals surface area contributed by atoms with Gasteiger partial charge in [0.2, 0.25) is 0 Å². The molecule has 0 saturated carbocycles. The quantitative estimate of drug-likeness (QED) is 0.527. The van der Waals surface area contributed by atoms with Gasteiger partial charge < -0.3 is 4.98 Å². The maximum absolute atomic E-state index is 13.0. The average Bonchev–Trinajstić information content (AvgIpc) is 3.17. The van der Waals surface area contributed by atoms with Crippen LogP contribution in [0.4, 0.5) is 0 Å². The summed E-state index contributed by atoms with van der Waals surface area (Å²) in [6.07, 6.45) is 5.87. The second kappa shape index (κ2) is 6.74. The van der Waals surface area contributed by atoms with Crippen LogP contribution in [-0.2, 0) is 13.0 Å². The Balaban J connectivity index is 1.49. The Kier molecular flexibility index (Phi) is 3.94. The minimum Gasteiger partial charge on any atom is -0.342 e. The fourth-order valence-corrected chi connectivity index (χ4v) is 3.49. The molecule has 5 aromatic rings. The molecule has 0 radical (unpaired) electrons. The summed E-state index contributed by atoms with van der Waals surface area (Å²) in [6.45, 7) is 0.466. The zero-order chi connectivity index (χ0) is 18.9. The fourth-order valence-electron chi connectivity index (χ4n) is 3.49. The third-order valence-electron chi connectivity index (χ3n) is 4.89. The van der Waals surface area contributed by atoms with Crippen LogP contribution >= 0.6 is 0 Å². The molecule has 6 nitrogen and oxygen atoms in total. The van der Waals surface area contributed by atoms with Gasteiger partial charge in [-0.05, 0) is 41.5 Å². The summed E-state index contributed by atoms with van der Waals surface area (Å²) in [5.41, 5.74) is 3.83. The Morgan fingerprint density at radius 3 is 2.64 bits per heavy atom. The molecule has 0 bridgehead atoms. The molecule has 3 heterocycles. The molecule has 0 atom stereocenters. The minimum absolute atomic E-state index is 0.0930. The van der Waals surface area contributed by atoms with Crippen molar-refractivity contribution in [1.82, 2.24) is 24.7 Å². The molecule has 0 spiro atoms. The van der Waals surface area contributed by atoms with E-state index in [0.717, 1.165) is 33.4 Å². The molecule has 6 heteroatoms. The van der Waals surface area contributed by atoms with Gasteiger partial charge in [0.05, 0.1) is 29.2 Å². The maximum Gasteiger partial charge on any atom is 0.274 e. The lowest BCUT2D eigenvalue weighted by Gasteiger charge is -2.09. The highest BCUT2D eigenvalue weighted by Gasteiger charge is 2.10. The van der Waals surface area contributed by atoms with Gasteiger partial charge in [-0.2, -0.15) is 5.10 Å². The Labute approximate surface area is 160 Å². The number of aromatic amines is 1. The smallest absolute Gasteiger partial charge is 0.274 e. The zero-order valence-electron chi connectivity index (χ0n) is 15.0. The molecule has 0 unspecified atom stereocenters. The molecule has 1 N–H and O–H groups in total. The van der Waals surface area contributed by atoms with Crippen molar-refractivity contribution >= 4 is 21.8 Å². The van der Waals surface area contributed by atoms with Gasteiger partial charge in [0.15, 0.2) is 0 Å². The molecule has 5 rings (SSSR count). The van der Waals surface area contributed by atoms with E-state index in [2.05, 4.69) is 20.1 Å². The maximum atomic E-state index is 13.0. The number of aromatic nitrogens is 5. The van der Waals surface area contributed by atoms with Gasteiger partial charge in [-0.15, -0.1) is 0 Å². The van der Waals surface area contributed by atoms with Gasteiger partial charge in [0.1, 0.15) is 5.82 Å². The highest BCUT2D eigenvalue weighted by molar-refractivity contribution is 5.95. The van der Waals surface area contributed by atoms with Crippen molar-refractivity contribution < 1.29 is 0 Å². The van der Waals surface area contributed by atoms with Crippen LogP contribution in [0, 0.1) is 0 Å². The first kappa shape index (κ1) is 16.4.